The van der Waals surface area contributed by atoms with Crippen LogP contribution in [-0.2, 0) is 9.47 Å². The first kappa shape index (κ1) is 23.6. The predicted molar refractivity (Wildman–Crippen MR) is 128 cm³/mol. The zero-order valence-corrected chi connectivity index (χ0v) is 20.1. The van der Waals surface area contributed by atoms with Crippen LogP contribution >= 0.6 is 0 Å². The quantitative estimate of drug-likeness (QED) is 0.649. The Morgan fingerprint density at radius 2 is 1.91 bits per heavy atom. The summed E-state index contributed by atoms with van der Waals surface area (Å²) in [6.07, 6.45) is 3.03. The minimum atomic E-state index is -0.690. The second-order valence-corrected chi connectivity index (χ2v) is 9.46. The molecule has 0 radical (unpaired) electrons. The van der Waals surface area contributed by atoms with Crippen LogP contribution in [0.3, 0.4) is 0 Å². The zero-order chi connectivity index (χ0) is 24.7. The number of rotatable bonds is 5. The van der Waals surface area contributed by atoms with Gasteiger partial charge in [-0.2, -0.15) is 0 Å². The van der Waals surface area contributed by atoms with Gasteiger partial charge in [-0.25, -0.2) is 14.0 Å². The predicted octanol–water partition coefficient (Wildman–Crippen LogP) is 2.42. The van der Waals surface area contributed by atoms with Crippen LogP contribution in [0.5, 0.6) is 0 Å². The number of ether oxygens (including phenoxy) is 2. The van der Waals surface area contributed by atoms with E-state index < -0.39 is 17.3 Å². The number of amides is 1. The van der Waals surface area contributed by atoms with Crippen LogP contribution in [0.1, 0.15) is 53.6 Å². The third kappa shape index (κ3) is 4.47. The van der Waals surface area contributed by atoms with Crippen LogP contribution in [0.15, 0.2) is 17.1 Å². The number of piperazine rings is 1. The Balaban J connectivity index is 1.46. The molecule has 1 aliphatic carbocycles. The molecule has 3 aliphatic rings. The maximum Gasteiger partial charge on any atom is 0.410 e. The summed E-state index contributed by atoms with van der Waals surface area (Å²) in [5.74, 6) is -1.01. The Bertz CT molecular complexity index is 1220. The molecular formula is C25H31FN4O5. The molecule has 1 amide bonds. The molecule has 0 unspecified atom stereocenters. The fourth-order valence-electron chi connectivity index (χ4n) is 5.18. The van der Waals surface area contributed by atoms with E-state index in [1.165, 1.54) is 10.6 Å². The number of pyridine rings is 2. The highest BCUT2D eigenvalue weighted by Crippen LogP contribution is 2.44. The second kappa shape index (κ2) is 9.49. The van der Waals surface area contributed by atoms with Gasteiger partial charge in [0, 0.05) is 39.1 Å². The van der Waals surface area contributed by atoms with Crippen molar-refractivity contribution in [1.82, 2.24) is 14.6 Å². The average molecular weight is 487 g/mol. The molecule has 0 aromatic carbocycles. The van der Waals surface area contributed by atoms with Crippen LogP contribution in [0.4, 0.5) is 14.9 Å². The maximum atomic E-state index is 15.5. The smallest absolute Gasteiger partial charge is 0.410 e. The van der Waals surface area contributed by atoms with Gasteiger partial charge in [0.1, 0.15) is 11.7 Å². The molecule has 3 fully saturated rings. The normalized spacial score (nSPS) is 20.4. The fourth-order valence-corrected chi connectivity index (χ4v) is 5.18. The molecule has 1 atom stereocenters. The van der Waals surface area contributed by atoms with E-state index >= 15 is 4.39 Å². The highest BCUT2D eigenvalue weighted by Gasteiger charge is 2.34. The van der Waals surface area contributed by atoms with Gasteiger partial charge < -0.3 is 24.6 Å². The summed E-state index contributed by atoms with van der Waals surface area (Å²) in [5, 5.41) is 3.21. The van der Waals surface area contributed by atoms with E-state index in [1.54, 1.807) is 17.9 Å². The maximum absolute atomic E-state index is 15.5. The van der Waals surface area contributed by atoms with Gasteiger partial charge in [-0.15, -0.1) is 0 Å². The lowest BCUT2D eigenvalue weighted by molar-refractivity contribution is 0.0523. The molecule has 1 saturated carbocycles. The minimum Gasteiger partial charge on any atom is -0.462 e. The van der Waals surface area contributed by atoms with E-state index in [4.69, 9.17) is 9.47 Å². The summed E-state index contributed by atoms with van der Waals surface area (Å²) >= 11 is 0. The number of carbonyl (C=O) groups excluding carboxylic acids is 2. The molecular weight excluding hydrogens is 455 g/mol. The summed E-state index contributed by atoms with van der Waals surface area (Å²) in [7, 11) is 0. The number of carbonyl (C=O) groups is 2. The number of fused-ring (bicyclic) bond motifs is 1. The number of esters is 1. The van der Waals surface area contributed by atoms with Crippen molar-refractivity contribution in [2.75, 3.05) is 50.8 Å². The Morgan fingerprint density at radius 3 is 2.60 bits per heavy atom. The van der Waals surface area contributed by atoms with E-state index in [0.29, 0.717) is 49.4 Å². The largest absolute Gasteiger partial charge is 0.462 e. The number of hydrogen-bond acceptors (Lipinski definition) is 7. The van der Waals surface area contributed by atoms with Crippen molar-refractivity contribution < 1.29 is 23.5 Å². The number of aryl methyl sites for hydroxylation is 1. The van der Waals surface area contributed by atoms with Crippen LogP contribution in [0.25, 0.3) is 5.52 Å². The van der Waals surface area contributed by atoms with E-state index in [9.17, 15) is 14.4 Å². The molecule has 10 heteroatoms. The van der Waals surface area contributed by atoms with Crippen molar-refractivity contribution in [2.24, 2.45) is 0 Å². The van der Waals surface area contributed by atoms with Gasteiger partial charge in [-0.1, -0.05) is 0 Å². The van der Waals surface area contributed by atoms with Crippen molar-refractivity contribution in [2.45, 2.75) is 45.1 Å². The number of aromatic nitrogens is 1. The number of anilines is 1. The van der Waals surface area contributed by atoms with Crippen molar-refractivity contribution in [3.8, 4) is 0 Å². The number of nitrogens with zero attached hydrogens (tertiary/aromatic N) is 3. The first-order valence-electron chi connectivity index (χ1n) is 12.4. The standard InChI is InChI=1S/C25H31FN4O5/c1-3-34-24(32)19-12-18(16-4-5-16)21-15(2)22(20(26)14-30(21)23(19)31)29-9-6-17(13-29)35-25(33)28-10-7-27-8-11-28/h12,14,16-17,27H,3-11,13H2,1-2H3/t17-/m0/s1. The van der Waals surface area contributed by atoms with Crippen LogP contribution < -0.4 is 15.8 Å². The molecule has 1 N–H and O–H groups in total. The van der Waals surface area contributed by atoms with Gasteiger partial charge in [0.2, 0.25) is 0 Å². The molecule has 5 rings (SSSR count). The molecule has 4 heterocycles. The SMILES string of the molecule is CCOC(=O)c1cc(C2CC2)c2c(C)c(N3CC[C@H](OC(=O)N4CCNCC4)C3)c(F)cn2c1=O. The summed E-state index contributed by atoms with van der Waals surface area (Å²) in [6.45, 7) is 7.28. The Labute approximate surface area is 202 Å². The molecule has 2 aromatic rings. The molecule has 0 spiro atoms. The number of halogens is 1. The molecule has 2 aliphatic heterocycles. The molecule has 188 valence electrons. The van der Waals surface area contributed by atoms with Gasteiger partial charge >= 0.3 is 12.1 Å². The summed E-state index contributed by atoms with van der Waals surface area (Å²) in [5.41, 5.74) is 1.92. The lowest BCUT2D eigenvalue weighted by atomic mass is 10.0. The van der Waals surface area contributed by atoms with Crippen molar-refractivity contribution in [1.29, 1.82) is 0 Å². The third-order valence-corrected chi connectivity index (χ3v) is 7.06. The van der Waals surface area contributed by atoms with Gasteiger partial charge in [0.05, 0.1) is 30.6 Å². The molecule has 0 bridgehead atoms. The van der Waals surface area contributed by atoms with Crippen LogP contribution in [-0.4, -0.2) is 73.3 Å². The third-order valence-electron chi connectivity index (χ3n) is 7.06. The minimum absolute atomic E-state index is 0.0705. The van der Waals surface area contributed by atoms with Gasteiger partial charge in [-0.3, -0.25) is 9.20 Å². The highest BCUT2D eigenvalue weighted by molar-refractivity contribution is 5.90. The summed E-state index contributed by atoms with van der Waals surface area (Å²) < 4.78 is 27.5. The van der Waals surface area contributed by atoms with Crippen molar-refractivity contribution in [3.63, 3.8) is 0 Å². The van der Waals surface area contributed by atoms with E-state index in [-0.39, 0.29) is 30.3 Å². The average Bonchev–Trinajstić information content (AvgIpc) is 3.60. The van der Waals surface area contributed by atoms with Crippen LogP contribution in [0.2, 0.25) is 0 Å². The lowest BCUT2D eigenvalue weighted by Gasteiger charge is -2.28. The first-order chi connectivity index (χ1) is 16.9. The Morgan fingerprint density at radius 1 is 1.17 bits per heavy atom. The van der Waals surface area contributed by atoms with Gasteiger partial charge in [-0.05, 0) is 49.8 Å². The summed E-state index contributed by atoms with van der Waals surface area (Å²) in [4.78, 5) is 41.6. The molecule has 35 heavy (non-hydrogen) atoms. The Hall–Kier alpha value is -3.14. The fraction of sp³-hybridized carbons (Fsp3) is 0.560. The monoisotopic (exact) mass is 486 g/mol. The molecule has 2 saturated heterocycles. The number of nitrogens with one attached hydrogen (secondary N) is 1. The molecule has 2 aromatic heterocycles. The van der Waals surface area contributed by atoms with Crippen molar-refractivity contribution >= 4 is 23.3 Å². The van der Waals surface area contributed by atoms with E-state index in [1.807, 2.05) is 11.8 Å². The lowest BCUT2D eigenvalue weighted by Crippen LogP contribution is -2.47. The Kier molecular flexibility index (Phi) is 6.39. The second-order valence-electron chi connectivity index (χ2n) is 9.46. The van der Waals surface area contributed by atoms with Gasteiger partial charge in [0.15, 0.2) is 5.82 Å². The van der Waals surface area contributed by atoms with Gasteiger partial charge in [0.25, 0.3) is 5.56 Å². The first-order valence-corrected chi connectivity index (χ1v) is 12.4. The topological polar surface area (TPSA) is 92.6 Å². The summed E-state index contributed by atoms with van der Waals surface area (Å²) in [6, 6.07) is 1.63. The highest BCUT2D eigenvalue weighted by atomic mass is 19.1. The van der Waals surface area contributed by atoms with Crippen molar-refractivity contribution in [3.05, 3.63) is 45.1 Å². The van der Waals surface area contributed by atoms with E-state index in [0.717, 1.165) is 31.5 Å². The van der Waals surface area contributed by atoms with E-state index in [2.05, 4.69) is 5.32 Å². The van der Waals surface area contributed by atoms with Crippen LogP contribution in [0, 0.1) is 12.7 Å². The molecule has 9 nitrogen and oxygen atoms in total. The zero-order valence-electron chi connectivity index (χ0n) is 20.1. The number of hydrogen-bond donors (Lipinski definition) is 1.